The van der Waals surface area contributed by atoms with Crippen molar-refractivity contribution in [3.8, 4) is 0 Å². The van der Waals surface area contributed by atoms with Gasteiger partial charge in [-0.25, -0.2) is 8.78 Å². The highest BCUT2D eigenvalue weighted by Crippen LogP contribution is 2.17. The van der Waals surface area contributed by atoms with Crippen LogP contribution < -0.4 is 10.6 Å². The summed E-state index contributed by atoms with van der Waals surface area (Å²) in [5, 5.41) is 6.53. The first kappa shape index (κ1) is 16.2. The van der Waals surface area contributed by atoms with Gasteiger partial charge in [-0.2, -0.15) is 11.8 Å². The van der Waals surface area contributed by atoms with Gasteiger partial charge in [-0.15, -0.1) is 0 Å². The summed E-state index contributed by atoms with van der Waals surface area (Å²) < 4.78 is 26.4. The lowest BCUT2D eigenvalue weighted by Crippen LogP contribution is -2.37. The second kappa shape index (κ2) is 8.32. The molecule has 106 valence electrons. The molecule has 0 aliphatic heterocycles. The highest BCUT2D eigenvalue weighted by molar-refractivity contribution is 7.98. The van der Waals surface area contributed by atoms with Crippen molar-refractivity contribution in [2.75, 3.05) is 18.6 Å². The SMILES string of the molecule is CSCCCNC(=S)N[C@@H](C)c1ccc(F)cc1F. The minimum atomic E-state index is -0.578. The molecule has 1 rings (SSSR count). The van der Waals surface area contributed by atoms with Gasteiger partial charge in [0.2, 0.25) is 0 Å². The van der Waals surface area contributed by atoms with Gasteiger partial charge < -0.3 is 10.6 Å². The first-order valence-electron chi connectivity index (χ1n) is 6.03. The van der Waals surface area contributed by atoms with Crippen LogP contribution in [0.15, 0.2) is 18.2 Å². The van der Waals surface area contributed by atoms with Crippen LogP contribution in [0.25, 0.3) is 0 Å². The number of hydrogen-bond acceptors (Lipinski definition) is 2. The summed E-state index contributed by atoms with van der Waals surface area (Å²) in [7, 11) is 0. The van der Waals surface area contributed by atoms with E-state index in [2.05, 4.69) is 16.9 Å². The number of rotatable bonds is 6. The van der Waals surface area contributed by atoms with E-state index in [1.54, 1.807) is 18.7 Å². The van der Waals surface area contributed by atoms with E-state index in [4.69, 9.17) is 12.2 Å². The molecule has 0 fully saturated rings. The van der Waals surface area contributed by atoms with Crippen molar-refractivity contribution in [2.45, 2.75) is 19.4 Å². The molecule has 0 aromatic heterocycles. The van der Waals surface area contributed by atoms with Gasteiger partial charge in [-0.05, 0) is 43.6 Å². The maximum Gasteiger partial charge on any atom is 0.166 e. The Morgan fingerprint density at radius 2 is 2.16 bits per heavy atom. The van der Waals surface area contributed by atoms with E-state index >= 15 is 0 Å². The molecule has 1 atom stereocenters. The van der Waals surface area contributed by atoms with Crippen LogP contribution in [0.2, 0.25) is 0 Å². The van der Waals surface area contributed by atoms with Crippen molar-refractivity contribution in [3.05, 3.63) is 35.4 Å². The van der Waals surface area contributed by atoms with Gasteiger partial charge in [0, 0.05) is 18.2 Å². The fourth-order valence-corrected chi connectivity index (χ4v) is 2.31. The molecule has 0 aliphatic carbocycles. The van der Waals surface area contributed by atoms with E-state index in [1.807, 2.05) is 0 Å². The topological polar surface area (TPSA) is 24.1 Å². The van der Waals surface area contributed by atoms with E-state index in [0.29, 0.717) is 10.7 Å². The zero-order valence-corrected chi connectivity index (χ0v) is 12.6. The van der Waals surface area contributed by atoms with Crippen molar-refractivity contribution >= 4 is 29.1 Å². The molecular weight excluding hydrogens is 286 g/mol. The monoisotopic (exact) mass is 304 g/mol. The Bertz CT molecular complexity index is 427. The van der Waals surface area contributed by atoms with E-state index in [9.17, 15) is 8.78 Å². The summed E-state index contributed by atoms with van der Waals surface area (Å²) in [6, 6.07) is 3.24. The second-order valence-electron chi connectivity index (χ2n) is 4.13. The predicted molar refractivity (Wildman–Crippen MR) is 81.5 cm³/mol. The van der Waals surface area contributed by atoms with Gasteiger partial charge in [0.05, 0.1) is 6.04 Å². The minimum Gasteiger partial charge on any atom is -0.363 e. The smallest absolute Gasteiger partial charge is 0.166 e. The van der Waals surface area contributed by atoms with E-state index in [0.717, 1.165) is 24.8 Å². The molecule has 19 heavy (non-hydrogen) atoms. The van der Waals surface area contributed by atoms with Crippen LogP contribution in [0.5, 0.6) is 0 Å². The number of thiocarbonyl (C=S) groups is 1. The van der Waals surface area contributed by atoms with E-state index in [1.165, 1.54) is 12.1 Å². The van der Waals surface area contributed by atoms with E-state index in [-0.39, 0.29) is 6.04 Å². The summed E-state index contributed by atoms with van der Waals surface area (Å²) >= 11 is 6.90. The Labute approximate surface area is 122 Å². The third-order valence-electron chi connectivity index (χ3n) is 2.59. The summed E-state index contributed by atoms with van der Waals surface area (Å²) in [5.74, 6) is -0.0750. The lowest BCUT2D eigenvalue weighted by molar-refractivity contribution is 0.552. The van der Waals surface area contributed by atoms with Crippen LogP contribution in [0.1, 0.15) is 24.9 Å². The predicted octanol–water partition coefficient (Wildman–Crippen LogP) is 3.24. The van der Waals surface area contributed by atoms with Crippen LogP contribution in [-0.2, 0) is 0 Å². The number of nitrogens with one attached hydrogen (secondary N) is 2. The standard InChI is InChI=1S/C13H18F2N2S2/c1-9(11-5-4-10(14)8-12(11)15)17-13(18)16-6-3-7-19-2/h4-5,8-9H,3,6-7H2,1-2H3,(H2,16,17,18)/t9-/m0/s1. The molecule has 0 unspecified atom stereocenters. The number of halogens is 2. The second-order valence-corrected chi connectivity index (χ2v) is 5.53. The van der Waals surface area contributed by atoms with Gasteiger partial charge in [-0.3, -0.25) is 0 Å². The Balaban J connectivity index is 2.45. The maximum absolute atomic E-state index is 13.6. The molecule has 0 aliphatic rings. The van der Waals surface area contributed by atoms with Gasteiger partial charge in [0.15, 0.2) is 5.11 Å². The third kappa shape index (κ3) is 5.74. The largest absolute Gasteiger partial charge is 0.363 e. The first-order valence-corrected chi connectivity index (χ1v) is 7.83. The molecule has 0 amide bonds. The highest BCUT2D eigenvalue weighted by atomic mass is 32.2. The number of benzene rings is 1. The van der Waals surface area contributed by atoms with Crippen LogP contribution in [0, 0.1) is 11.6 Å². The summed E-state index contributed by atoms with van der Waals surface area (Å²) in [4.78, 5) is 0. The molecule has 6 heteroatoms. The Morgan fingerprint density at radius 3 is 2.79 bits per heavy atom. The Kier molecular flexibility index (Phi) is 7.09. The molecule has 0 spiro atoms. The molecule has 0 saturated carbocycles. The summed E-state index contributed by atoms with van der Waals surface area (Å²) in [5.41, 5.74) is 0.398. The van der Waals surface area contributed by atoms with Crippen molar-refractivity contribution in [2.24, 2.45) is 0 Å². The van der Waals surface area contributed by atoms with Crippen LogP contribution in [-0.4, -0.2) is 23.7 Å². The minimum absolute atomic E-state index is 0.304. The average molecular weight is 304 g/mol. The van der Waals surface area contributed by atoms with Crippen molar-refractivity contribution in [3.63, 3.8) is 0 Å². The van der Waals surface area contributed by atoms with Crippen molar-refractivity contribution in [1.29, 1.82) is 0 Å². The van der Waals surface area contributed by atoms with Crippen LogP contribution in [0.3, 0.4) is 0 Å². The third-order valence-corrected chi connectivity index (χ3v) is 3.55. The van der Waals surface area contributed by atoms with Gasteiger partial charge in [0.1, 0.15) is 11.6 Å². The fraction of sp³-hybridized carbons (Fsp3) is 0.462. The summed E-state index contributed by atoms with van der Waals surface area (Å²) in [6.07, 6.45) is 3.07. The van der Waals surface area contributed by atoms with E-state index < -0.39 is 11.6 Å². The zero-order chi connectivity index (χ0) is 14.3. The lowest BCUT2D eigenvalue weighted by atomic mass is 10.1. The van der Waals surface area contributed by atoms with Gasteiger partial charge in [-0.1, -0.05) is 6.07 Å². The quantitative estimate of drug-likeness (QED) is 0.622. The molecule has 1 aromatic rings. The Hall–Kier alpha value is -0.880. The lowest BCUT2D eigenvalue weighted by Gasteiger charge is -2.17. The van der Waals surface area contributed by atoms with Crippen molar-refractivity contribution in [1.82, 2.24) is 10.6 Å². The van der Waals surface area contributed by atoms with Gasteiger partial charge in [0.25, 0.3) is 0 Å². The zero-order valence-electron chi connectivity index (χ0n) is 11.0. The number of thioether (sulfide) groups is 1. The molecule has 1 aromatic carbocycles. The summed E-state index contributed by atoms with van der Waals surface area (Å²) in [6.45, 7) is 2.57. The fourth-order valence-electron chi connectivity index (χ4n) is 1.60. The maximum atomic E-state index is 13.6. The molecule has 0 radical (unpaired) electrons. The highest BCUT2D eigenvalue weighted by Gasteiger charge is 2.12. The average Bonchev–Trinajstić information content (AvgIpc) is 2.34. The molecular formula is C13H18F2N2S2. The number of hydrogen-bond donors (Lipinski definition) is 2. The molecule has 0 bridgehead atoms. The van der Waals surface area contributed by atoms with Gasteiger partial charge >= 0.3 is 0 Å². The molecule has 2 nitrogen and oxygen atoms in total. The Morgan fingerprint density at radius 1 is 1.42 bits per heavy atom. The van der Waals surface area contributed by atoms with Crippen molar-refractivity contribution < 1.29 is 8.78 Å². The van der Waals surface area contributed by atoms with Crippen LogP contribution >= 0.6 is 24.0 Å². The molecule has 0 saturated heterocycles. The normalized spacial score (nSPS) is 12.0. The molecule has 2 N–H and O–H groups in total. The van der Waals surface area contributed by atoms with Crippen LogP contribution in [0.4, 0.5) is 8.78 Å². The first-order chi connectivity index (χ1) is 9.04. The molecule has 0 heterocycles.